The van der Waals surface area contributed by atoms with E-state index in [1.807, 2.05) is 48.5 Å². The maximum absolute atomic E-state index is 13.7. The van der Waals surface area contributed by atoms with Crippen LogP contribution in [-0.2, 0) is 39.4 Å². The summed E-state index contributed by atoms with van der Waals surface area (Å²) in [6, 6.07) is 19.0. The largest absolute Gasteiger partial charge is 0.427 e. The van der Waals surface area contributed by atoms with Gasteiger partial charge in [0.05, 0.1) is 12.0 Å². The Morgan fingerprint density at radius 3 is 2.27 bits per heavy atom. The first kappa shape index (κ1) is 32.9. The first-order valence-corrected chi connectivity index (χ1v) is 17.0. The lowest BCUT2D eigenvalue weighted by molar-refractivity contribution is -0.176. The summed E-state index contributed by atoms with van der Waals surface area (Å²) >= 11 is 1.58. The number of benzene rings is 2. The molecule has 0 bridgehead atoms. The van der Waals surface area contributed by atoms with Crippen molar-refractivity contribution in [2.75, 3.05) is 32.3 Å². The van der Waals surface area contributed by atoms with Crippen LogP contribution >= 0.6 is 19.1 Å². The molecule has 1 aliphatic heterocycles. The lowest BCUT2D eigenvalue weighted by atomic mass is 9.98. The fourth-order valence-corrected chi connectivity index (χ4v) is 7.94. The summed E-state index contributed by atoms with van der Waals surface area (Å²) in [5.74, 6) is -1.54. The molecule has 2 aromatic carbocycles. The molecular formula is C31H42NO7PS. The predicted molar refractivity (Wildman–Crippen MR) is 161 cm³/mol. The fraction of sp³-hybridized carbons (Fsp3) is 0.516. The molecule has 0 aliphatic carbocycles. The molecule has 3 rings (SSSR count). The van der Waals surface area contributed by atoms with Crippen molar-refractivity contribution >= 4 is 37.0 Å². The van der Waals surface area contributed by atoms with E-state index in [4.69, 9.17) is 14.0 Å². The highest BCUT2D eigenvalue weighted by Gasteiger charge is 2.43. The summed E-state index contributed by atoms with van der Waals surface area (Å²) < 4.78 is 29.8. The Morgan fingerprint density at radius 2 is 1.63 bits per heavy atom. The van der Waals surface area contributed by atoms with Crippen LogP contribution in [0.3, 0.4) is 0 Å². The molecule has 1 heterocycles. The van der Waals surface area contributed by atoms with E-state index in [2.05, 4.69) is 12.1 Å². The molecule has 8 nitrogen and oxygen atoms in total. The van der Waals surface area contributed by atoms with Crippen LogP contribution in [0.2, 0.25) is 0 Å². The van der Waals surface area contributed by atoms with Crippen molar-refractivity contribution in [3.63, 3.8) is 0 Å². The van der Waals surface area contributed by atoms with Gasteiger partial charge in [-0.3, -0.25) is 14.2 Å². The number of likely N-dealkylation sites (tertiary alicyclic amines) is 1. The Balaban J connectivity index is 1.65. The van der Waals surface area contributed by atoms with Gasteiger partial charge in [0.15, 0.2) is 0 Å². The first-order chi connectivity index (χ1) is 19.5. The molecule has 1 aliphatic rings. The van der Waals surface area contributed by atoms with Gasteiger partial charge in [-0.1, -0.05) is 48.5 Å². The number of amides is 1. The monoisotopic (exact) mass is 603 g/mol. The van der Waals surface area contributed by atoms with Crippen molar-refractivity contribution in [2.24, 2.45) is 5.41 Å². The van der Waals surface area contributed by atoms with Gasteiger partial charge >= 0.3 is 11.9 Å². The number of hydrogen-bond acceptors (Lipinski definition) is 8. The maximum Gasteiger partial charge on any atom is 0.331 e. The van der Waals surface area contributed by atoms with Gasteiger partial charge < -0.3 is 18.9 Å². The summed E-state index contributed by atoms with van der Waals surface area (Å²) in [6.45, 7) is 6.90. The number of unbranched alkanes of at least 4 members (excludes halogenated alkanes) is 1. The van der Waals surface area contributed by atoms with Gasteiger partial charge in [0, 0.05) is 22.9 Å². The highest BCUT2D eigenvalue weighted by molar-refractivity contribution is 8.00. The smallest absolute Gasteiger partial charge is 0.331 e. The molecule has 0 spiro atoms. The number of aryl methyl sites for hydroxylation is 1. The van der Waals surface area contributed by atoms with Gasteiger partial charge in [0.2, 0.25) is 20.1 Å². The maximum atomic E-state index is 13.7. The summed E-state index contributed by atoms with van der Waals surface area (Å²) in [5, 5.41) is -0.0617. The predicted octanol–water partition coefficient (Wildman–Crippen LogP) is 6.18. The molecule has 0 N–H and O–H groups in total. The third kappa shape index (κ3) is 10.6. The van der Waals surface area contributed by atoms with Crippen LogP contribution in [0.5, 0.6) is 0 Å². The minimum Gasteiger partial charge on any atom is -0.427 e. The Labute approximate surface area is 248 Å². The zero-order chi connectivity index (χ0) is 29.9. The summed E-state index contributed by atoms with van der Waals surface area (Å²) in [6.07, 6.45) is 2.76. The van der Waals surface area contributed by atoms with E-state index in [1.165, 1.54) is 10.5 Å². The molecule has 224 valence electrons. The van der Waals surface area contributed by atoms with E-state index < -0.39 is 43.5 Å². The van der Waals surface area contributed by atoms with Crippen LogP contribution in [-0.4, -0.2) is 66.3 Å². The number of ether oxygens (including phenoxy) is 2. The molecule has 0 aromatic heterocycles. The van der Waals surface area contributed by atoms with Gasteiger partial charge in [0.25, 0.3) is 0 Å². The average Bonchev–Trinajstić information content (AvgIpc) is 3.36. The van der Waals surface area contributed by atoms with Crippen LogP contribution < -0.4 is 0 Å². The van der Waals surface area contributed by atoms with Crippen LogP contribution in [0, 0.1) is 5.41 Å². The zero-order valence-electron chi connectivity index (χ0n) is 24.5. The molecule has 2 aromatic rings. The van der Waals surface area contributed by atoms with Crippen LogP contribution in [0.25, 0.3) is 0 Å². The summed E-state index contributed by atoms with van der Waals surface area (Å²) in [4.78, 5) is 41.3. The second-order valence-corrected chi connectivity index (χ2v) is 15.2. The Kier molecular flexibility index (Phi) is 12.5. The molecule has 41 heavy (non-hydrogen) atoms. The lowest BCUT2D eigenvalue weighted by Crippen LogP contribution is -2.43. The second kappa shape index (κ2) is 15.6. The Bertz CT molecular complexity index is 1190. The fourth-order valence-electron chi connectivity index (χ4n) is 4.58. The second-order valence-electron chi connectivity index (χ2n) is 11.2. The number of nitrogens with zero attached hydrogens (tertiary/aromatic N) is 1. The number of thioether (sulfide) groups is 1. The zero-order valence-corrected chi connectivity index (χ0v) is 26.2. The number of rotatable bonds is 14. The molecule has 0 saturated carbocycles. The van der Waals surface area contributed by atoms with E-state index in [1.54, 1.807) is 39.5 Å². The van der Waals surface area contributed by atoms with Crippen molar-refractivity contribution in [1.82, 2.24) is 4.90 Å². The van der Waals surface area contributed by atoms with Crippen molar-refractivity contribution in [1.29, 1.82) is 0 Å². The van der Waals surface area contributed by atoms with Gasteiger partial charge in [-0.25, -0.2) is 4.79 Å². The molecule has 10 heteroatoms. The SMILES string of the molecule is CCOP(=O)(CCCCc1ccccc1)CC(=O)N1C[C@@H](Sc2ccccc2)C[C@H]1C(=O)OCOC(=O)C(C)(C)C. The minimum absolute atomic E-state index is 0.0617. The normalized spacial score (nSPS) is 18.5. The van der Waals surface area contributed by atoms with Crippen molar-refractivity contribution in [2.45, 2.75) is 69.6 Å². The Hall–Kier alpha value is -2.61. The number of esters is 2. The molecular weight excluding hydrogens is 561 g/mol. The van der Waals surface area contributed by atoms with Crippen molar-refractivity contribution in [3.8, 4) is 0 Å². The quantitative estimate of drug-likeness (QED) is 0.109. The van der Waals surface area contributed by atoms with Crippen LogP contribution in [0.4, 0.5) is 0 Å². The number of hydrogen-bond donors (Lipinski definition) is 0. The number of carbonyl (C=O) groups is 3. The third-order valence-electron chi connectivity index (χ3n) is 6.70. The van der Waals surface area contributed by atoms with E-state index >= 15 is 0 Å². The molecule has 1 fully saturated rings. The van der Waals surface area contributed by atoms with Gasteiger partial charge in [-0.2, -0.15) is 0 Å². The van der Waals surface area contributed by atoms with Gasteiger partial charge in [0.1, 0.15) is 12.2 Å². The van der Waals surface area contributed by atoms with Gasteiger partial charge in [-0.05, 0) is 71.1 Å². The average molecular weight is 604 g/mol. The standard InChI is InChI=1S/C31H42NO7PS/c1-5-39-40(36,19-13-12-16-24-14-8-6-9-15-24)22-28(33)32-21-26(41-25-17-10-7-11-18-25)20-27(32)29(34)37-23-38-30(35)31(2,3)4/h6-11,14-15,17-18,26-27H,5,12-13,16,19-23H2,1-4H3/t26-,27-,40?/m0/s1. The highest BCUT2D eigenvalue weighted by Crippen LogP contribution is 2.48. The van der Waals surface area contributed by atoms with E-state index in [9.17, 15) is 18.9 Å². The highest BCUT2D eigenvalue weighted by atomic mass is 32.2. The Morgan fingerprint density at radius 1 is 0.976 bits per heavy atom. The molecule has 3 atom stereocenters. The summed E-state index contributed by atoms with van der Waals surface area (Å²) in [7, 11) is -3.26. The first-order valence-electron chi connectivity index (χ1n) is 14.1. The third-order valence-corrected chi connectivity index (χ3v) is 10.4. The summed E-state index contributed by atoms with van der Waals surface area (Å²) in [5.41, 5.74) is 0.476. The van der Waals surface area contributed by atoms with Crippen LogP contribution in [0.1, 0.15) is 52.5 Å². The lowest BCUT2D eigenvalue weighted by Gasteiger charge is -2.26. The topological polar surface area (TPSA) is 99.2 Å². The van der Waals surface area contributed by atoms with E-state index in [0.717, 1.165) is 17.7 Å². The van der Waals surface area contributed by atoms with Gasteiger partial charge in [-0.15, -0.1) is 11.8 Å². The molecule has 1 saturated heterocycles. The molecule has 0 radical (unpaired) electrons. The number of carbonyl (C=O) groups excluding carboxylic acids is 3. The minimum atomic E-state index is -3.26. The van der Waals surface area contributed by atoms with Crippen molar-refractivity contribution < 1.29 is 32.9 Å². The molecule has 1 amide bonds. The van der Waals surface area contributed by atoms with Crippen molar-refractivity contribution in [3.05, 3.63) is 66.2 Å². The van der Waals surface area contributed by atoms with Crippen LogP contribution in [0.15, 0.2) is 65.6 Å². The molecule has 1 unspecified atom stereocenters. The van der Waals surface area contributed by atoms with E-state index in [-0.39, 0.29) is 18.0 Å². The van der Waals surface area contributed by atoms with E-state index in [0.29, 0.717) is 25.5 Å².